The van der Waals surface area contributed by atoms with Gasteiger partial charge >= 0.3 is 0 Å². The van der Waals surface area contributed by atoms with Crippen LogP contribution in [0.1, 0.15) is 17.2 Å². The smallest absolute Gasteiger partial charge is 0.211 e. The van der Waals surface area contributed by atoms with Crippen molar-refractivity contribution < 1.29 is 14.6 Å². The number of ether oxygens (including phenoxy) is 1. The lowest BCUT2D eigenvalue weighted by atomic mass is 10.1. The average Bonchev–Trinajstić information content (AvgIpc) is 2.54. The molecular weight excluding hydrogens is 334 g/mol. The third kappa shape index (κ3) is 4.31. The van der Waals surface area contributed by atoms with Crippen molar-refractivity contribution >= 4 is 28.0 Å². The predicted octanol–water partition coefficient (Wildman–Crippen LogP) is 3.26. The molecule has 0 radical (unpaired) electrons. The van der Waals surface area contributed by atoms with Crippen molar-refractivity contribution in [1.29, 1.82) is 0 Å². The molecule has 0 unspecified atom stereocenters. The summed E-state index contributed by atoms with van der Waals surface area (Å²) in [7, 11) is 0. The van der Waals surface area contributed by atoms with Gasteiger partial charge in [0, 0.05) is 5.33 Å². The summed E-state index contributed by atoms with van der Waals surface area (Å²) in [6.45, 7) is 0.411. The maximum Gasteiger partial charge on any atom is 0.211 e. The minimum Gasteiger partial charge on any atom is -0.487 e. The maximum absolute atomic E-state index is 10.7. The van der Waals surface area contributed by atoms with Crippen LogP contribution in [-0.4, -0.2) is 16.8 Å². The molecule has 0 aromatic heterocycles. The van der Waals surface area contributed by atoms with Crippen LogP contribution in [0, 0.1) is 0 Å². The number of alkyl halides is 1. The molecule has 1 atom stereocenters. The van der Waals surface area contributed by atoms with E-state index < -0.39 is 6.10 Å². The quantitative estimate of drug-likeness (QED) is 0.595. The fourth-order valence-corrected chi connectivity index (χ4v) is 2.26. The number of hydrogen-bond donors (Lipinski definition) is 2. The number of benzene rings is 2. The number of carbonyl (C=O) groups excluding carboxylic acids is 1. The van der Waals surface area contributed by atoms with Gasteiger partial charge in [-0.05, 0) is 23.3 Å². The summed E-state index contributed by atoms with van der Waals surface area (Å²) in [5, 5.41) is 12.8. The third-order valence-corrected chi connectivity index (χ3v) is 3.60. The predicted molar refractivity (Wildman–Crippen MR) is 85.7 cm³/mol. The van der Waals surface area contributed by atoms with E-state index in [0.29, 0.717) is 35.3 Å². The summed E-state index contributed by atoms with van der Waals surface area (Å²) < 4.78 is 5.73. The van der Waals surface area contributed by atoms with Gasteiger partial charge in [-0.2, -0.15) is 0 Å². The Morgan fingerprint density at radius 2 is 2.00 bits per heavy atom. The van der Waals surface area contributed by atoms with Crippen LogP contribution in [0.15, 0.2) is 48.5 Å². The lowest BCUT2D eigenvalue weighted by Crippen LogP contribution is -2.04. The van der Waals surface area contributed by atoms with Crippen molar-refractivity contribution in [2.75, 3.05) is 10.6 Å². The van der Waals surface area contributed by atoms with Crippen LogP contribution < -0.4 is 10.1 Å². The van der Waals surface area contributed by atoms with Gasteiger partial charge in [0.25, 0.3) is 0 Å². The largest absolute Gasteiger partial charge is 0.487 e. The molecule has 21 heavy (non-hydrogen) atoms. The van der Waals surface area contributed by atoms with Gasteiger partial charge in [0.05, 0.1) is 11.8 Å². The number of halogens is 1. The molecular formula is C16H16BrNO3. The fourth-order valence-electron chi connectivity index (χ4n) is 1.88. The highest BCUT2D eigenvalue weighted by molar-refractivity contribution is 9.09. The zero-order valence-electron chi connectivity index (χ0n) is 11.3. The van der Waals surface area contributed by atoms with Crippen molar-refractivity contribution in [1.82, 2.24) is 0 Å². The summed E-state index contributed by atoms with van der Waals surface area (Å²) in [5.41, 5.74) is 2.29. The van der Waals surface area contributed by atoms with E-state index in [2.05, 4.69) is 21.2 Å². The molecule has 5 heteroatoms. The van der Waals surface area contributed by atoms with Gasteiger partial charge in [-0.25, -0.2) is 0 Å². The highest BCUT2D eigenvalue weighted by atomic mass is 79.9. The minimum absolute atomic E-state index is 0.411. The molecule has 0 aliphatic carbocycles. The fraction of sp³-hybridized carbons (Fsp3) is 0.188. The summed E-state index contributed by atoms with van der Waals surface area (Å²) in [5.74, 6) is 0.566. The van der Waals surface area contributed by atoms with Gasteiger partial charge in [0.1, 0.15) is 12.4 Å². The highest BCUT2D eigenvalue weighted by Gasteiger charge is 2.10. The van der Waals surface area contributed by atoms with Crippen molar-refractivity contribution in [2.24, 2.45) is 0 Å². The van der Waals surface area contributed by atoms with Crippen molar-refractivity contribution in [3.05, 3.63) is 59.7 Å². The van der Waals surface area contributed by atoms with Gasteiger partial charge < -0.3 is 15.2 Å². The monoisotopic (exact) mass is 349 g/mol. The van der Waals surface area contributed by atoms with Gasteiger partial charge in [0.2, 0.25) is 6.41 Å². The third-order valence-electron chi connectivity index (χ3n) is 2.99. The SMILES string of the molecule is O=CNc1cc([C@@H](O)CBr)ccc1OCc1ccccc1. The average molecular weight is 350 g/mol. The number of aliphatic hydroxyl groups excluding tert-OH is 1. The van der Waals surface area contributed by atoms with E-state index in [4.69, 9.17) is 4.74 Å². The lowest BCUT2D eigenvalue weighted by Gasteiger charge is -2.14. The number of aliphatic hydroxyl groups is 1. The zero-order chi connectivity index (χ0) is 15.1. The van der Waals surface area contributed by atoms with Gasteiger partial charge in [0.15, 0.2) is 0 Å². The molecule has 2 N–H and O–H groups in total. The molecule has 0 aliphatic heterocycles. The first-order chi connectivity index (χ1) is 10.2. The zero-order valence-corrected chi connectivity index (χ0v) is 12.9. The Balaban J connectivity index is 2.16. The molecule has 0 spiro atoms. The first kappa shape index (κ1) is 15.5. The molecule has 0 fully saturated rings. The molecule has 0 heterocycles. The lowest BCUT2D eigenvalue weighted by molar-refractivity contribution is -0.105. The Labute approximate surface area is 131 Å². The van der Waals surface area contributed by atoms with E-state index in [1.54, 1.807) is 18.2 Å². The number of carbonyl (C=O) groups is 1. The summed E-state index contributed by atoms with van der Waals surface area (Å²) in [4.78, 5) is 10.7. The normalized spacial score (nSPS) is 11.7. The van der Waals surface area contributed by atoms with E-state index >= 15 is 0 Å². The van der Waals surface area contributed by atoms with Crippen LogP contribution in [0.3, 0.4) is 0 Å². The second kappa shape index (κ2) is 7.81. The standard InChI is InChI=1S/C16H16BrNO3/c17-9-15(20)13-6-7-16(14(8-13)18-11-19)21-10-12-4-2-1-3-5-12/h1-8,11,15,20H,9-10H2,(H,18,19)/t15-/m0/s1. The summed E-state index contributed by atoms with van der Waals surface area (Å²) in [6.07, 6.45) is -0.0324. The molecule has 2 aromatic carbocycles. The number of anilines is 1. The molecule has 2 aromatic rings. The molecule has 0 aliphatic rings. The number of rotatable bonds is 7. The Morgan fingerprint density at radius 3 is 2.67 bits per heavy atom. The van der Waals surface area contributed by atoms with E-state index in [-0.39, 0.29) is 0 Å². The maximum atomic E-state index is 10.7. The Kier molecular flexibility index (Phi) is 5.78. The van der Waals surface area contributed by atoms with Crippen LogP contribution in [0.5, 0.6) is 5.75 Å². The Hall–Kier alpha value is -1.85. The number of nitrogens with one attached hydrogen (secondary N) is 1. The molecule has 0 saturated carbocycles. The molecule has 2 rings (SSSR count). The summed E-state index contributed by atoms with van der Waals surface area (Å²) >= 11 is 3.22. The molecule has 4 nitrogen and oxygen atoms in total. The van der Waals surface area contributed by atoms with Crippen molar-refractivity contribution in [3.8, 4) is 5.75 Å². The molecule has 0 bridgehead atoms. The molecule has 0 saturated heterocycles. The molecule has 1 amide bonds. The van der Waals surface area contributed by atoms with Crippen LogP contribution in [0.25, 0.3) is 0 Å². The van der Waals surface area contributed by atoms with Crippen LogP contribution in [0.2, 0.25) is 0 Å². The van der Waals surface area contributed by atoms with Gasteiger partial charge in [-0.3, -0.25) is 4.79 Å². The van der Waals surface area contributed by atoms with E-state index in [0.717, 1.165) is 5.56 Å². The van der Waals surface area contributed by atoms with Gasteiger partial charge in [-0.15, -0.1) is 0 Å². The van der Waals surface area contributed by atoms with Crippen LogP contribution in [-0.2, 0) is 11.4 Å². The van der Waals surface area contributed by atoms with E-state index in [1.165, 1.54) is 0 Å². The van der Waals surface area contributed by atoms with Crippen LogP contribution >= 0.6 is 15.9 Å². The van der Waals surface area contributed by atoms with Crippen LogP contribution in [0.4, 0.5) is 5.69 Å². The first-order valence-corrected chi connectivity index (χ1v) is 7.61. The Bertz CT molecular complexity index is 589. The van der Waals surface area contributed by atoms with E-state index in [9.17, 15) is 9.90 Å². The number of amides is 1. The second-order valence-corrected chi connectivity index (χ2v) is 5.11. The Morgan fingerprint density at radius 1 is 1.24 bits per heavy atom. The highest BCUT2D eigenvalue weighted by Crippen LogP contribution is 2.29. The topological polar surface area (TPSA) is 58.6 Å². The first-order valence-electron chi connectivity index (χ1n) is 6.49. The van der Waals surface area contributed by atoms with Crippen molar-refractivity contribution in [2.45, 2.75) is 12.7 Å². The van der Waals surface area contributed by atoms with Gasteiger partial charge in [-0.1, -0.05) is 52.3 Å². The summed E-state index contributed by atoms with van der Waals surface area (Å²) in [6, 6.07) is 15.0. The molecule has 110 valence electrons. The minimum atomic E-state index is -0.625. The van der Waals surface area contributed by atoms with Crippen molar-refractivity contribution in [3.63, 3.8) is 0 Å². The second-order valence-electron chi connectivity index (χ2n) is 4.46. The number of hydrogen-bond acceptors (Lipinski definition) is 3. The van der Waals surface area contributed by atoms with E-state index in [1.807, 2.05) is 30.3 Å².